The molecule has 11 heteroatoms. The molecular weight excluding hydrogens is 389 g/mol. The fourth-order valence-electron chi connectivity index (χ4n) is 3.34. The number of hydrogen-bond acceptors (Lipinski definition) is 6. The molecule has 0 saturated carbocycles. The number of ether oxygens (including phenoxy) is 2. The van der Waals surface area contributed by atoms with E-state index in [1.807, 2.05) is 0 Å². The van der Waals surface area contributed by atoms with Gasteiger partial charge in [-0.15, -0.1) is 0 Å². The van der Waals surface area contributed by atoms with Crippen LogP contribution in [0.3, 0.4) is 0 Å². The van der Waals surface area contributed by atoms with Crippen LogP contribution in [0.25, 0.3) is 0 Å². The summed E-state index contributed by atoms with van der Waals surface area (Å²) in [5, 5.41) is 2.81. The van der Waals surface area contributed by atoms with Crippen LogP contribution >= 0.6 is 0 Å². The Labute approximate surface area is 154 Å². The summed E-state index contributed by atoms with van der Waals surface area (Å²) in [6, 6.07) is 2.26. The van der Waals surface area contributed by atoms with E-state index in [-0.39, 0.29) is 29.0 Å². The lowest BCUT2D eigenvalue weighted by Crippen LogP contribution is -2.49. The van der Waals surface area contributed by atoms with Gasteiger partial charge in [0.2, 0.25) is 5.88 Å². The van der Waals surface area contributed by atoms with Gasteiger partial charge in [0.05, 0.1) is 22.7 Å². The third-order valence-electron chi connectivity index (χ3n) is 4.56. The van der Waals surface area contributed by atoms with E-state index in [0.29, 0.717) is 25.9 Å². The van der Waals surface area contributed by atoms with Gasteiger partial charge in [-0.05, 0) is 25.3 Å². The standard InChI is InChI=1S/C16H19F3N2O5S/c17-16(18,19)9-25-13-2-1-11(8-20-13)14(22)21-12-3-5-26-15(7-12)4-6-27(23,24)10-15/h1-2,8,12H,3-7,9-10H2,(H,21,22). The Bertz CT molecular complexity index is 797. The molecule has 2 saturated heterocycles. The molecule has 1 spiro atoms. The van der Waals surface area contributed by atoms with Crippen LogP contribution < -0.4 is 10.1 Å². The monoisotopic (exact) mass is 408 g/mol. The second-order valence-corrected chi connectivity index (χ2v) is 9.01. The second kappa shape index (κ2) is 7.27. The number of sulfone groups is 1. The number of hydrogen-bond donors (Lipinski definition) is 1. The molecule has 0 aliphatic carbocycles. The maximum atomic E-state index is 12.3. The van der Waals surface area contributed by atoms with E-state index in [1.165, 1.54) is 12.1 Å². The molecule has 0 bridgehead atoms. The Morgan fingerprint density at radius 1 is 1.41 bits per heavy atom. The summed E-state index contributed by atoms with van der Waals surface area (Å²) in [7, 11) is -3.12. The van der Waals surface area contributed by atoms with Crippen LogP contribution in [0.5, 0.6) is 5.88 Å². The largest absolute Gasteiger partial charge is 0.468 e. The molecule has 1 amide bonds. The summed E-state index contributed by atoms with van der Waals surface area (Å²) < 4.78 is 70.0. The number of carbonyl (C=O) groups excluding carboxylic acids is 1. The molecule has 2 fully saturated rings. The zero-order valence-corrected chi connectivity index (χ0v) is 15.1. The second-order valence-electron chi connectivity index (χ2n) is 6.83. The Balaban J connectivity index is 1.57. The van der Waals surface area contributed by atoms with E-state index in [4.69, 9.17) is 4.74 Å². The van der Waals surface area contributed by atoms with Crippen LogP contribution in [0.1, 0.15) is 29.6 Å². The number of aromatic nitrogens is 1. The van der Waals surface area contributed by atoms with Crippen molar-refractivity contribution in [2.24, 2.45) is 0 Å². The highest BCUT2D eigenvalue weighted by molar-refractivity contribution is 7.91. The molecule has 2 aliphatic heterocycles. The van der Waals surface area contributed by atoms with Gasteiger partial charge < -0.3 is 14.8 Å². The summed E-state index contributed by atoms with van der Waals surface area (Å²) in [5.41, 5.74) is -0.572. The molecule has 2 atom stereocenters. The van der Waals surface area contributed by atoms with Gasteiger partial charge in [0.1, 0.15) is 0 Å². The van der Waals surface area contributed by atoms with Crippen molar-refractivity contribution in [3.05, 3.63) is 23.9 Å². The number of carbonyl (C=O) groups is 1. The highest BCUT2D eigenvalue weighted by atomic mass is 32.2. The molecule has 3 rings (SSSR count). The number of halogens is 3. The average Bonchev–Trinajstić information content (AvgIpc) is 2.87. The highest BCUT2D eigenvalue weighted by Gasteiger charge is 2.46. The molecule has 2 aliphatic rings. The van der Waals surface area contributed by atoms with Crippen LogP contribution in [-0.4, -0.2) is 61.8 Å². The van der Waals surface area contributed by atoms with Gasteiger partial charge in [-0.1, -0.05) is 0 Å². The van der Waals surface area contributed by atoms with Crippen LogP contribution in [0, 0.1) is 0 Å². The fraction of sp³-hybridized carbons (Fsp3) is 0.625. The van der Waals surface area contributed by atoms with Crippen molar-refractivity contribution in [1.82, 2.24) is 10.3 Å². The Morgan fingerprint density at radius 2 is 2.19 bits per heavy atom. The minimum Gasteiger partial charge on any atom is -0.468 e. The molecule has 0 aromatic carbocycles. The van der Waals surface area contributed by atoms with Gasteiger partial charge in [0, 0.05) is 24.9 Å². The first-order valence-electron chi connectivity index (χ1n) is 8.37. The van der Waals surface area contributed by atoms with Crippen molar-refractivity contribution in [1.29, 1.82) is 0 Å². The minimum absolute atomic E-state index is 0.0425. The summed E-state index contributed by atoms with van der Waals surface area (Å²) in [4.78, 5) is 16.0. The Morgan fingerprint density at radius 3 is 2.78 bits per heavy atom. The molecule has 1 aromatic rings. The molecule has 1 N–H and O–H groups in total. The highest BCUT2D eigenvalue weighted by Crippen LogP contribution is 2.35. The SMILES string of the molecule is O=C(NC1CCOC2(CCS(=O)(=O)C2)C1)c1ccc(OCC(F)(F)F)nc1. The Hall–Kier alpha value is -1.88. The molecule has 150 valence electrons. The van der Waals surface area contributed by atoms with Crippen LogP contribution in [0.15, 0.2) is 18.3 Å². The van der Waals surface area contributed by atoms with E-state index >= 15 is 0 Å². The average molecular weight is 408 g/mol. The molecule has 0 radical (unpaired) electrons. The number of alkyl halides is 3. The predicted molar refractivity (Wildman–Crippen MR) is 88.2 cm³/mol. The summed E-state index contributed by atoms with van der Waals surface area (Å²) in [6.45, 7) is -1.11. The normalized spacial score (nSPS) is 27.4. The third kappa shape index (κ3) is 5.32. The maximum Gasteiger partial charge on any atom is 0.422 e. The number of nitrogens with one attached hydrogen (secondary N) is 1. The van der Waals surface area contributed by atoms with E-state index in [0.717, 1.165) is 6.20 Å². The first kappa shape index (κ1) is 19.9. The molecule has 1 aromatic heterocycles. The lowest BCUT2D eigenvalue weighted by atomic mass is 9.90. The van der Waals surface area contributed by atoms with E-state index in [2.05, 4.69) is 15.0 Å². The quantitative estimate of drug-likeness (QED) is 0.811. The van der Waals surface area contributed by atoms with Crippen molar-refractivity contribution in [3.63, 3.8) is 0 Å². The molecule has 3 heterocycles. The van der Waals surface area contributed by atoms with Gasteiger partial charge in [0.15, 0.2) is 16.4 Å². The first-order valence-corrected chi connectivity index (χ1v) is 10.2. The van der Waals surface area contributed by atoms with Crippen molar-refractivity contribution in [2.75, 3.05) is 24.7 Å². The zero-order chi connectivity index (χ0) is 19.7. The van der Waals surface area contributed by atoms with E-state index in [1.54, 1.807) is 0 Å². The lowest BCUT2D eigenvalue weighted by Gasteiger charge is -2.37. The van der Waals surface area contributed by atoms with Crippen molar-refractivity contribution < 1.29 is 35.9 Å². The van der Waals surface area contributed by atoms with Crippen molar-refractivity contribution in [2.45, 2.75) is 37.1 Å². The summed E-state index contributed by atoms with van der Waals surface area (Å²) in [5.74, 6) is -0.631. The van der Waals surface area contributed by atoms with E-state index in [9.17, 15) is 26.4 Å². The summed E-state index contributed by atoms with van der Waals surface area (Å²) in [6.07, 6.45) is -1.97. The number of pyridine rings is 1. The summed E-state index contributed by atoms with van der Waals surface area (Å²) >= 11 is 0. The van der Waals surface area contributed by atoms with Gasteiger partial charge in [0.25, 0.3) is 5.91 Å². The molecule has 27 heavy (non-hydrogen) atoms. The smallest absolute Gasteiger partial charge is 0.422 e. The van der Waals surface area contributed by atoms with Crippen LogP contribution in [-0.2, 0) is 14.6 Å². The first-order chi connectivity index (χ1) is 12.6. The van der Waals surface area contributed by atoms with Gasteiger partial charge in [-0.25, -0.2) is 13.4 Å². The minimum atomic E-state index is -4.47. The molecule has 7 nitrogen and oxygen atoms in total. The zero-order valence-electron chi connectivity index (χ0n) is 14.3. The van der Waals surface area contributed by atoms with Gasteiger partial charge in [-0.3, -0.25) is 4.79 Å². The van der Waals surface area contributed by atoms with E-state index < -0.39 is 34.1 Å². The number of amides is 1. The molecular formula is C16H19F3N2O5S. The third-order valence-corrected chi connectivity index (χ3v) is 6.35. The number of nitrogens with zero attached hydrogens (tertiary/aromatic N) is 1. The predicted octanol–water partition coefficient (Wildman–Crippen LogP) is 1.49. The number of rotatable bonds is 4. The lowest BCUT2D eigenvalue weighted by molar-refractivity contribution is -0.154. The topological polar surface area (TPSA) is 94.6 Å². The van der Waals surface area contributed by atoms with Crippen LogP contribution in [0.4, 0.5) is 13.2 Å². The fourth-order valence-corrected chi connectivity index (χ4v) is 5.31. The van der Waals surface area contributed by atoms with Crippen molar-refractivity contribution >= 4 is 15.7 Å². The van der Waals surface area contributed by atoms with Gasteiger partial charge >= 0.3 is 6.18 Å². The van der Waals surface area contributed by atoms with Crippen LogP contribution in [0.2, 0.25) is 0 Å². The molecule has 2 unspecified atom stereocenters. The van der Waals surface area contributed by atoms with Crippen molar-refractivity contribution in [3.8, 4) is 5.88 Å². The van der Waals surface area contributed by atoms with Gasteiger partial charge in [-0.2, -0.15) is 13.2 Å². The maximum absolute atomic E-state index is 12.3. The Kier molecular flexibility index (Phi) is 5.35.